The zero-order valence-electron chi connectivity index (χ0n) is 14.4. The summed E-state index contributed by atoms with van der Waals surface area (Å²) in [5, 5.41) is 8.77. The highest BCUT2D eigenvalue weighted by Gasteiger charge is 2.11. The van der Waals surface area contributed by atoms with Gasteiger partial charge < -0.3 is 10.6 Å². The lowest BCUT2D eigenvalue weighted by Crippen LogP contribution is -2.24. The summed E-state index contributed by atoms with van der Waals surface area (Å²) in [5.41, 5.74) is 1.50. The van der Waals surface area contributed by atoms with Crippen LogP contribution in [0.1, 0.15) is 15.2 Å². The number of carbonyl (C=O) groups excluding carboxylic acids is 2. The highest BCUT2D eigenvalue weighted by molar-refractivity contribution is 7.18. The molecule has 0 fully saturated rings. The molecular formula is C20H18FN3O2S. The predicted molar refractivity (Wildman–Crippen MR) is 106 cm³/mol. The number of rotatable bonds is 6. The number of hydrogen-bond donors (Lipinski definition) is 3. The van der Waals surface area contributed by atoms with Gasteiger partial charge in [0.15, 0.2) is 0 Å². The Morgan fingerprint density at radius 1 is 0.926 bits per heavy atom. The first-order valence-corrected chi connectivity index (χ1v) is 9.17. The standard InChI is InChI=1S/C20H18FN3O2S/c21-15-6-4-5-14(13-15)11-12-22-19(25)17-9-10-18(27-17)24-20(26)23-16-7-2-1-3-8-16/h1-10,13H,11-12H2,(H,22,25)(H2,23,24,26). The predicted octanol–water partition coefficient (Wildman–Crippen LogP) is 4.50. The molecule has 3 rings (SSSR count). The molecular weight excluding hydrogens is 365 g/mol. The van der Waals surface area contributed by atoms with Crippen molar-refractivity contribution in [2.75, 3.05) is 17.2 Å². The monoisotopic (exact) mass is 383 g/mol. The molecule has 3 aromatic rings. The fourth-order valence-corrected chi connectivity index (χ4v) is 3.24. The van der Waals surface area contributed by atoms with Crippen LogP contribution in [0.15, 0.2) is 66.7 Å². The highest BCUT2D eigenvalue weighted by atomic mass is 32.1. The quantitative estimate of drug-likeness (QED) is 0.586. The minimum absolute atomic E-state index is 0.229. The van der Waals surface area contributed by atoms with Gasteiger partial charge in [-0.25, -0.2) is 9.18 Å². The van der Waals surface area contributed by atoms with E-state index in [0.717, 1.165) is 5.56 Å². The van der Waals surface area contributed by atoms with Crippen LogP contribution in [0.25, 0.3) is 0 Å². The molecule has 0 aliphatic rings. The van der Waals surface area contributed by atoms with E-state index in [1.54, 1.807) is 30.3 Å². The van der Waals surface area contributed by atoms with Gasteiger partial charge in [-0.3, -0.25) is 10.1 Å². The first-order valence-electron chi connectivity index (χ1n) is 8.36. The van der Waals surface area contributed by atoms with E-state index in [1.807, 2.05) is 24.3 Å². The van der Waals surface area contributed by atoms with Gasteiger partial charge in [0.25, 0.3) is 5.91 Å². The van der Waals surface area contributed by atoms with Gasteiger partial charge in [-0.1, -0.05) is 30.3 Å². The number of thiophene rings is 1. The number of urea groups is 1. The lowest BCUT2D eigenvalue weighted by Gasteiger charge is -2.05. The van der Waals surface area contributed by atoms with Crippen molar-refractivity contribution in [3.05, 3.63) is 83.0 Å². The number of anilines is 2. The number of nitrogens with one attached hydrogen (secondary N) is 3. The van der Waals surface area contributed by atoms with E-state index in [2.05, 4.69) is 16.0 Å². The Morgan fingerprint density at radius 3 is 2.52 bits per heavy atom. The molecule has 0 aliphatic carbocycles. The van der Waals surface area contributed by atoms with Crippen LogP contribution in [0.2, 0.25) is 0 Å². The van der Waals surface area contributed by atoms with Gasteiger partial charge in [0.05, 0.1) is 9.88 Å². The van der Waals surface area contributed by atoms with Crippen molar-refractivity contribution >= 4 is 34.0 Å². The summed E-state index contributed by atoms with van der Waals surface area (Å²) in [7, 11) is 0. The number of carbonyl (C=O) groups is 2. The van der Waals surface area contributed by atoms with Gasteiger partial charge >= 0.3 is 6.03 Å². The summed E-state index contributed by atoms with van der Waals surface area (Å²) < 4.78 is 13.1. The van der Waals surface area contributed by atoms with Crippen molar-refractivity contribution in [1.82, 2.24) is 5.32 Å². The smallest absolute Gasteiger partial charge is 0.324 e. The zero-order chi connectivity index (χ0) is 19.1. The maximum atomic E-state index is 13.1. The van der Waals surface area contributed by atoms with Crippen LogP contribution < -0.4 is 16.0 Å². The van der Waals surface area contributed by atoms with Crippen molar-refractivity contribution < 1.29 is 14.0 Å². The second-order valence-electron chi connectivity index (χ2n) is 5.74. The van der Waals surface area contributed by atoms with Crippen molar-refractivity contribution in [2.24, 2.45) is 0 Å². The summed E-state index contributed by atoms with van der Waals surface area (Å²) in [4.78, 5) is 24.6. The van der Waals surface area contributed by atoms with Crippen LogP contribution in [-0.2, 0) is 6.42 Å². The first-order chi connectivity index (χ1) is 13.1. The molecule has 0 atom stereocenters. The van der Waals surface area contributed by atoms with E-state index < -0.39 is 0 Å². The van der Waals surface area contributed by atoms with Gasteiger partial charge in [-0.15, -0.1) is 11.3 Å². The normalized spacial score (nSPS) is 10.3. The van der Waals surface area contributed by atoms with Gasteiger partial charge in [-0.2, -0.15) is 0 Å². The zero-order valence-corrected chi connectivity index (χ0v) is 15.2. The third kappa shape index (κ3) is 5.65. The molecule has 1 aromatic heterocycles. The van der Waals surface area contributed by atoms with Crippen molar-refractivity contribution in [3.8, 4) is 0 Å². The van der Waals surface area contributed by atoms with E-state index in [4.69, 9.17) is 0 Å². The second-order valence-corrected chi connectivity index (χ2v) is 6.83. The third-order valence-electron chi connectivity index (χ3n) is 3.69. The second kappa shape index (κ2) is 8.95. The summed E-state index contributed by atoms with van der Waals surface area (Å²) in [6.07, 6.45) is 0.541. The van der Waals surface area contributed by atoms with Gasteiger partial charge in [0.1, 0.15) is 5.82 Å². The van der Waals surface area contributed by atoms with E-state index in [0.29, 0.717) is 28.5 Å². The molecule has 0 spiro atoms. The molecule has 7 heteroatoms. The first kappa shape index (κ1) is 18.6. The molecule has 138 valence electrons. The van der Waals surface area contributed by atoms with E-state index >= 15 is 0 Å². The Bertz CT molecular complexity index is 928. The molecule has 0 unspecified atom stereocenters. The van der Waals surface area contributed by atoms with E-state index in [1.165, 1.54) is 23.5 Å². The SMILES string of the molecule is O=C(Nc1ccccc1)Nc1ccc(C(=O)NCCc2cccc(F)c2)s1. The van der Waals surface area contributed by atoms with E-state index in [-0.39, 0.29) is 17.8 Å². The average Bonchev–Trinajstić information content (AvgIpc) is 3.11. The molecule has 3 amide bonds. The van der Waals surface area contributed by atoms with Crippen LogP contribution in [0.3, 0.4) is 0 Å². The van der Waals surface area contributed by atoms with Crippen LogP contribution in [0, 0.1) is 5.82 Å². The van der Waals surface area contributed by atoms with Crippen molar-refractivity contribution in [3.63, 3.8) is 0 Å². The molecule has 0 saturated carbocycles. The number of benzene rings is 2. The molecule has 5 nitrogen and oxygen atoms in total. The van der Waals surface area contributed by atoms with Crippen molar-refractivity contribution in [1.29, 1.82) is 0 Å². The third-order valence-corrected chi connectivity index (χ3v) is 4.69. The molecule has 0 radical (unpaired) electrons. The van der Waals surface area contributed by atoms with Crippen LogP contribution in [0.5, 0.6) is 0 Å². The molecule has 1 heterocycles. The van der Waals surface area contributed by atoms with Gasteiger partial charge in [0, 0.05) is 12.2 Å². The number of amides is 3. The molecule has 27 heavy (non-hydrogen) atoms. The Hall–Kier alpha value is -3.19. The maximum Gasteiger partial charge on any atom is 0.324 e. The summed E-state index contributed by atoms with van der Waals surface area (Å²) in [6.45, 7) is 0.400. The topological polar surface area (TPSA) is 70.2 Å². The fourth-order valence-electron chi connectivity index (χ4n) is 2.42. The Balaban J connectivity index is 1.47. The Morgan fingerprint density at radius 2 is 1.74 bits per heavy atom. The highest BCUT2D eigenvalue weighted by Crippen LogP contribution is 2.22. The van der Waals surface area contributed by atoms with E-state index in [9.17, 15) is 14.0 Å². The van der Waals surface area contributed by atoms with Gasteiger partial charge in [-0.05, 0) is 48.4 Å². The number of para-hydroxylation sites is 1. The summed E-state index contributed by atoms with van der Waals surface area (Å²) in [5.74, 6) is -0.519. The molecule has 0 saturated heterocycles. The molecule has 0 bridgehead atoms. The Labute approximate surface area is 160 Å². The lowest BCUT2D eigenvalue weighted by atomic mass is 10.1. The average molecular weight is 383 g/mol. The minimum atomic E-state index is -0.374. The largest absolute Gasteiger partial charge is 0.351 e. The molecule has 2 aromatic carbocycles. The number of hydrogen-bond acceptors (Lipinski definition) is 3. The van der Waals surface area contributed by atoms with Crippen molar-refractivity contribution in [2.45, 2.75) is 6.42 Å². The number of halogens is 1. The van der Waals surface area contributed by atoms with Crippen LogP contribution in [-0.4, -0.2) is 18.5 Å². The van der Waals surface area contributed by atoms with Crippen LogP contribution >= 0.6 is 11.3 Å². The summed E-state index contributed by atoms with van der Waals surface area (Å²) in [6, 6.07) is 18.3. The Kier molecular flexibility index (Phi) is 6.17. The molecule has 3 N–H and O–H groups in total. The summed E-state index contributed by atoms with van der Waals surface area (Å²) >= 11 is 1.18. The molecule has 0 aliphatic heterocycles. The fraction of sp³-hybridized carbons (Fsp3) is 0.100. The maximum absolute atomic E-state index is 13.1. The van der Waals surface area contributed by atoms with Gasteiger partial charge in [0.2, 0.25) is 0 Å². The lowest BCUT2D eigenvalue weighted by molar-refractivity contribution is 0.0958. The van der Waals surface area contributed by atoms with Crippen LogP contribution in [0.4, 0.5) is 19.9 Å². The minimum Gasteiger partial charge on any atom is -0.351 e.